The average Bonchev–Trinajstić information content (AvgIpc) is 2.68. The van der Waals surface area contributed by atoms with Crippen molar-refractivity contribution in [2.24, 2.45) is 0 Å². The number of rotatable bonds is 6. The van der Waals surface area contributed by atoms with E-state index in [1.807, 2.05) is 6.92 Å². The number of aryl methyl sites for hydroxylation is 1. The molecule has 0 unspecified atom stereocenters. The number of piperazine rings is 1. The van der Waals surface area contributed by atoms with Crippen LogP contribution < -0.4 is 18.8 Å². The van der Waals surface area contributed by atoms with Crippen molar-refractivity contribution in [2.45, 2.75) is 18.4 Å². The fourth-order valence-electron chi connectivity index (χ4n) is 3.00. The minimum Gasteiger partial charge on any atom is -0.435 e. The molecule has 3 rings (SSSR count). The lowest BCUT2D eigenvalue weighted by Crippen LogP contribution is -2.43. The second kappa shape index (κ2) is 8.50. The van der Waals surface area contributed by atoms with Crippen LogP contribution in [-0.2, 0) is 10.0 Å². The van der Waals surface area contributed by atoms with Gasteiger partial charge in [0.15, 0.2) is 0 Å². The van der Waals surface area contributed by atoms with Gasteiger partial charge in [-0.05, 0) is 36.8 Å². The monoisotopic (exact) mass is 431 g/mol. The molecule has 2 aromatic carbocycles. The van der Waals surface area contributed by atoms with Crippen LogP contribution in [0, 0.1) is 6.92 Å². The van der Waals surface area contributed by atoms with Gasteiger partial charge < -0.3 is 15.0 Å². The number of hydrogen-bond acceptors (Lipinski definition) is 5. The summed E-state index contributed by atoms with van der Waals surface area (Å²) in [5.41, 5.74) is 1.78. The highest BCUT2D eigenvalue weighted by Crippen LogP contribution is 2.32. The van der Waals surface area contributed by atoms with E-state index in [0.29, 0.717) is 3.82 Å². The largest absolute Gasteiger partial charge is 0.435 e. The van der Waals surface area contributed by atoms with E-state index in [1.54, 1.807) is 12.1 Å². The van der Waals surface area contributed by atoms with Gasteiger partial charge in [-0.2, -0.15) is 21.0 Å². The van der Waals surface area contributed by atoms with Crippen LogP contribution in [0.2, 0.25) is 0 Å². The maximum atomic E-state index is 13.0. The predicted octanol–water partition coefficient (Wildman–Crippen LogP) is 3.36. The highest BCUT2D eigenvalue weighted by molar-refractivity contribution is 7.94. The van der Waals surface area contributed by atoms with Crippen molar-refractivity contribution in [1.82, 2.24) is 5.32 Å². The number of ether oxygens (including phenoxy) is 1. The summed E-state index contributed by atoms with van der Waals surface area (Å²) in [7, 11) is -4.10. The highest BCUT2D eigenvalue weighted by atomic mass is 35.5. The number of halogens is 3. The molecule has 1 N–H and O–H groups in total. The summed E-state index contributed by atoms with van der Waals surface area (Å²) in [6.45, 7) is 2.06. The van der Waals surface area contributed by atoms with E-state index < -0.39 is 16.6 Å². The zero-order valence-electron chi connectivity index (χ0n) is 15.1. The van der Waals surface area contributed by atoms with Crippen LogP contribution in [0.3, 0.4) is 0 Å². The zero-order valence-corrected chi connectivity index (χ0v) is 16.7. The van der Waals surface area contributed by atoms with Crippen molar-refractivity contribution in [3.05, 3.63) is 48.0 Å². The number of alkyl halides is 2. The maximum Gasteiger partial charge on any atom is 0.387 e. The normalized spacial score (nSPS) is 15.0. The Balaban J connectivity index is 1.92. The van der Waals surface area contributed by atoms with Crippen molar-refractivity contribution in [3.8, 4) is 5.75 Å². The first-order valence-electron chi connectivity index (χ1n) is 8.61. The molecule has 28 heavy (non-hydrogen) atoms. The Labute approximate surface area is 167 Å². The molecule has 0 aromatic heterocycles. The van der Waals surface area contributed by atoms with Crippen LogP contribution in [-0.4, -0.2) is 41.2 Å². The summed E-state index contributed by atoms with van der Waals surface area (Å²) in [5.74, 6) is -0.182. The van der Waals surface area contributed by atoms with E-state index in [4.69, 9.17) is 11.8 Å². The first kappa shape index (κ1) is 20.6. The number of nitrogens with one attached hydrogen (secondary N) is 1. The second-order valence-corrected chi connectivity index (χ2v) is 8.61. The van der Waals surface area contributed by atoms with Gasteiger partial charge in [0, 0.05) is 49.7 Å². The van der Waals surface area contributed by atoms with Crippen LogP contribution in [0.15, 0.2) is 47.4 Å². The van der Waals surface area contributed by atoms with Gasteiger partial charge in [0.2, 0.25) is 0 Å². The van der Waals surface area contributed by atoms with Crippen molar-refractivity contribution in [3.63, 3.8) is 0 Å². The fourth-order valence-corrected chi connectivity index (χ4v) is 4.42. The number of anilines is 2. The summed E-state index contributed by atoms with van der Waals surface area (Å²) in [5, 5.41) is 3.25. The lowest BCUT2D eigenvalue weighted by Gasteiger charge is -2.31. The summed E-state index contributed by atoms with van der Waals surface area (Å²) in [6.07, 6.45) is 0. The van der Waals surface area contributed by atoms with Gasteiger partial charge in [-0.25, -0.2) is 0 Å². The molecule has 6 nitrogen and oxygen atoms in total. The molecular formula is C18H20ClF2N3O3S. The molecular weight excluding hydrogens is 412 g/mol. The van der Waals surface area contributed by atoms with Gasteiger partial charge in [-0.15, -0.1) is 0 Å². The van der Waals surface area contributed by atoms with Gasteiger partial charge in [0.1, 0.15) is 5.75 Å². The quantitative estimate of drug-likeness (QED) is 0.711. The van der Waals surface area contributed by atoms with Gasteiger partial charge >= 0.3 is 6.61 Å². The van der Waals surface area contributed by atoms with Crippen LogP contribution in [0.4, 0.5) is 20.2 Å². The lowest BCUT2D eigenvalue weighted by molar-refractivity contribution is -0.0498. The average molecular weight is 432 g/mol. The molecule has 0 saturated carbocycles. The molecule has 152 valence electrons. The van der Waals surface area contributed by atoms with E-state index in [2.05, 4.69) is 15.0 Å². The third-order valence-corrected chi connectivity index (χ3v) is 6.62. The van der Waals surface area contributed by atoms with Crippen molar-refractivity contribution < 1.29 is 21.9 Å². The zero-order chi connectivity index (χ0) is 20.3. The van der Waals surface area contributed by atoms with Crippen LogP contribution in [0.5, 0.6) is 5.75 Å². The topological polar surface area (TPSA) is 61.9 Å². The molecule has 0 atom stereocenters. The molecule has 1 aliphatic rings. The molecule has 1 saturated heterocycles. The second-order valence-electron chi connectivity index (χ2n) is 6.28. The van der Waals surface area contributed by atoms with Gasteiger partial charge in [-0.3, -0.25) is 0 Å². The Hall–Kier alpha value is -2.10. The van der Waals surface area contributed by atoms with E-state index in [-0.39, 0.29) is 16.3 Å². The molecule has 0 spiro atoms. The molecule has 2 aromatic rings. The highest BCUT2D eigenvalue weighted by Gasteiger charge is 2.26. The molecule has 0 bridgehead atoms. The molecule has 10 heteroatoms. The van der Waals surface area contributed by atoms with Gasteiger partial charge in [0.25, 0.3) is 10.0 Å². The standard InChI is InChI=1S/C18H20ClF2N3O3S/c1-13-5-6-16(12-17(13)23-9-7-22-8-10-23)28(25,26)24(19)14-3-2-4-15(11-14)27-18(20)21/h2-6,11-12,18,22H,7-10H2,1H3. The lowest BCUT2D eigenvalue weighted by atomic mass is 10.1. The predicted molar refractivity (Wildman–Crippen MR) is 105 cm³/mol. The molecule has 1 aliphatic heterocycles. The molecule has 0 radical (unpaired) electrons. The summed E-state index contributed by atoms with van der Waals surface area (Å²) >= 11 is 6.10. The van der Waals surface area contributed by atoms with E-state index >= 15 is 0 Å². The first-order valence-corrected chi connectivity index (χ1v) is 10.4. The minimum absolute atomic E-state index is 0.00381. The van der Waals surface area contributed by atoms with Crippen LogP contribution in [0.25, 0.3) is 0 Å². The molecule has 0 amide bonds. The number of benzene rings is 2. The molecule has 0 aliphatic carbocycles. The van der Waals surface area contributed by atoms with Gasteiger partial charge in [-0.1, -0.05) is 12.1 Å². The first-order chi connectivity index (χ1) is 13.3. The Morgan fingerprint density at radius 1 is 1.18 bits per heavy atom. The van der Waals surface area contributed by atoms with Crippen LogP contribution >= 0.6 is 11.8 Å². The summed E-state index contributed by atoms with van der Waals surface area (Å²) < 4.78 is 55.7. The Morgan fingerprint density at radius 3 is 2.57 bits per heavy atom. The Kier molecular flexibility index (Phi) is 6.26. The van der Waals surface area contributed by atoms with Crippen molar-refractivity contribution in [1.29, 1.82) is 0 Å². The molecule has 1 fully saturated rings. The minimum atomic E-state index is -4.10. The van der Waals surface area contributed by atoms with E-state index in [1.165, 1.54) is 24.3 Å². The Morgan fingerprint density at radius 2 is 1.89 bits per heavy atom. The van der Waals surface area contributed by atoms with Gasteiger partial charge in [0.05, 0.1) is 10.6 Å². The number of nitrogens with zero attached hydrogens (tertiary/aromatic N) is 2. The smallest absolute Gasteiger partial charge is 0.387 e. The van der Waals surface area contributed by atoms with E-state index in [0.717, 1.165) is 43.5 Å². The summed E-state index contributed by atoms with van der Waals surface area (Å²) in [4.78, 5) is 2.13. The SMILES string of the molecule is Cc1ccc(S(=O)(=O)N(Cl)c2cccc(OC(F)F)c2)cc1N1CCNCC1. The third-order valence-electron chi connectivity index (χ3n) is 4.39. The number of hydrogen-bond donors (Lipinski definition) is 1. The number of sulfonamides is 1. The summed E-state index contributed by atoms with van der Waals surface area (Å²) in [6, 6.07) is 10.0. The fraction of sp³-hybridized carbons (Fsp3) is 0.333. The third kappa shape index (κ3) is 4.48. The maximum absolute atomic E-state index is 13.0. The van der Waals surface area contributed by atoms with E-state index in [9.17, 15) is 17.2 Å². The van der Waals surface area contributed by atoms with Crippen LogP contribution in [0.1, 0.15) is 5.56 Å². The molecule has 1 heterocycles. The van der Waals surface area contributed by atoms with Crippen molar-refractivity contribution >= 4 is 33.2 Å². The Bertz CT molecular complexity index is 937. The van der Waals surface area contributed by atoms with Crippen molar-refractivity contribution in [2.75, 3.05) is 34.9 Å².